The Bertz CT molecular complexity index is 725. The van der Waals surface area contributed by atoms with Crippen molar-refractivity contribution in [1.29, 1.82) is 0 Å². The first-order valence-corrected chi connectivity index (χ1v) is 7.04. The highest BCUT2D eigenvalue weighted by atomic mass is 16.4. The maximum absolute atomic E-state index is 12.5. The molecule has 1 atom stereocenters. The van der Waals surface area contributed by atoms with E-state index in [1.807, 2.05) is 12.1 Å². The van der Waals surface area contributed by atoms with Crippen molar-refractivity contribution < 1.29 is 14.7 Å². The molecule has 1 amide bonds. The molecule has 2 aromatic rings. The summed E-state index contributed by atoms with van der Waals surface area (Å²) in [6.07, 6.45) is 0.648. The average Bonchev–Trinajstić information content (AvgIpc) is 2.90. The normalized spacial score (nSPS) is 17.1. The van der Waals surface area contributed by atoms with E-state index < -0.39 is 12.0 Å². The number of carbonyl (C=O) groups is 2. The minimum atomic E-state index is -1.02. The molecule has 1 aliphatic heterocycles. The maximum atomic E-state index is 12.5. The highest BCUT2D eigenvalue weighted by Crippen LogP contribution is 2.30. The number of aliphatic carboxylic acids is 1. The first kappa shape index (κ1) is 14.2. The number of amides is 1. The number of benzene rings is 1. The number of nitrogens with zero attached hydrogens (tertiary/aromatic N) is 3. The average molecular weight is 300 g/mol. The minimum absolute atomic E-state index is 0.00368. The fourth-order valence-corrected chi connectivity index (χ4v) is 2.81. The van der Waals surface area contributed by atoms with Gasteiger partial charge in [-0.3, -0.25) is 9.89 Å². The molecule has 0 spiro atoms. The van der Waals surface area contributed by atoms with Gasteiger partial charge in [0.15, 0.2) is 11.9 Å². The number of hydrogen-bond acceptors (Lipinski definition) is 4. The quantitative estimate of drug-likeness (QED) is 0.876. The van der Waals surface area contributed by atoms with Crippen molar-refractivity contribution >= 4 is 11.9 Å². The van der Waals surface area contributed by atoms with Gasteiger partial charge in [0.25, 0.3) is 0 Å². The molecule has 1 aromatic heterocycles. The molecular weight excluding hydrogens is 284 g/mol. The van der Waals surface area contributed by atoms with Crippen molar-refractivity contribution in [2.75, 3.05) is 6.54 Å². The van der Waals surface area contributed by atoms with E-state index in [9.17, 15) is 14.7 Å². The number of fused-ring (bicyclic) bond motifs is 1. The molecule has 1 unspecified atom stereocenters. The van der Waals surface area contributed by atoms with E-state index >= 15 is 0 Å². The van der Waals surface area contributed by atoms with Gasteiger partial charge in [-0.1, -0.05) is 24.3 Å². The Morgan fingerprint density at radius 3 is 2.86 bits per heavy atom. The second-order valence-electron chi connectivity index (χ2n) is 5.29. The van der Waals surface area contributed by atoms with Gasteiger partial charge in [-0.15, -0.1) is 0 Å². The van der Waals surface area contributed by atoms with Crippen LogP contribution in [0.5, 0.6) is 0 Å². The summed E-state index contributed by atoms with van der Waals surface area (Å²) in [5.74, 6) is -0.292. The van der Waals surface area contributed by atoms with Gasteiger partial charge in [0.1, 0.15) is 5.82 Å². The van der Waals surface area contributed by atoms with Crippen LogP contribution >= 0.6 is 0 Å². The summed E-state index contributed by atoms with van der Waals surface area (Å²) in [5, 5.41) is 16.2. The molecule has 0 saturated carbocycles. The third-order valence-electron chi connectivity index (χ3n) is 3.79. The van der Waals surface area contributed by atoms with Crippen molar-refractivity contribution in [2.24, 2.45) is 0 Å². The monoisotopic (exact) mass is 300 g/mol. The maximum Gasteiger partial charge on any atom is 0.331 e. The van der Waals surface area contributed by atoms with Crippen LogP contribution in [-0.4, -0.2) is 43.6 Å². The number of nitrogens with one attached hydrogen (secondary N) is 1. The van der Waals surface area contributed by atoms with E-state index in [0.29, 0.717) is 30.2 Å². The Labute approximate surface area is 127 Å². The molecular formula is C15H16N4O3. The fraction of sp³-hybridized carbons (Fsp3) is 0.333. The van der Waals surface area contributed by atoms with Crippen LogP contribution in [0.25, 0.3) is 0 Å². The summed E-state index contributed by atoms with van der Waals surface area (Å²) in [6.45, 7) is 2.13. The lowest BCUT2D eigenvalue weighted by molar-refractivity contribution is -0.151. The zero-order chi connectivity index (χ0) is 15.7. The molecule has 7 heteroatoms. The number of aromatic amines is 1. The molecule has 0 saturated heterocycles. The predicted octanol–water partition coefficient (Wildman–Crippen LogP) is 0.866. The first-order chi connectivity index (χ1) is 10.6. The predicted molar refractivity (Wildman–Crippen MR) is 77.1 cm³/mol. The summed E-state index contributed by atoms with van der Waals surface area (Å²) < 4.78 is 0. The van der Waals surface area contributed by atoms with E-state index in [1.165, 1.54) is 4.90 Å². The van der Waals surface area contributed by atoms with Crippen LogP contribution in [0.3, 0.4) is 0 Å². The number of aryl methyl sites for hydroxylation is 1. The SMILES string of the molecule is Cc1nc(CC(=O)N2CCc3ccccc3C2C(=O)O)n[nH]1. The number of carbonyl (C=O) groups excluding carboxylic acids is 1. The molecule has 2 heterocycles. The topological polar surface area (TPSA) is 99.2 Å². The lowest BCUT2D eigenvalue weighted by atomic mass is 9.92. The van der Waals surface area contributed by atoms with Crippen LogP contribution in [-0.2, 0) is 22.4 Å². The Hall–Kier alpha value is -2.70. The van der Waals surface area contributed by atoms with Crippen LogP contribution in [0.2, 0.25) is 0 Å². The summed E-state index contributed by atoms with van der Waals surface area (Å²) in [5.41, 5.74) is 1.66. The number of aromatic nitrogens is 3. The Kier molecular flexibility index (Phi) is 3.62. The second kappa shape index (κ2) is 5.59. The molecule has 22 heavy (non-hydrogen) atoms. The second-order valence-corrected chi connectivity index (χ2v) is 5.29. The lowest BCUT2D eigenvalue weighted by Gasteiger charge is -2.34. The van der Waals surface area contributed by atoms with E-state index in [4.69, 9.17) is 0 Å². The number of carboxylic acids is 1. The van der Waals surface area contributed by atoms with Crippen LogP contribution in [0.15, 0.2) is 24.3 Å². The highest BCUT2D eigenvalue weighted by Gasteiger charge is 2.35. The highest BCUT2D eigenvalue weighted by molar-refractivity contribution is 5.86. The van der Waals surface area contributed by atoms with Gasteiger partial charge in [-0.25, -0.2) is 9.78 Å². The molecule has 0 aliphatic carbocycles. The summed E-state index contributed by atoms with van der Waals surface area (Å²) >= 11 is 0. The molecule has 7 nitrogen and oxygen atoms in total. The molecule has 1 aromatic carbocycles. The smallest absolute Gasteiger partial charge is 0.331 e. The van der Waals surface area contributed by atoms with Crippen LogP contribution in [0.4, 0.5) is 0 Å². The zero-order valence-electron chi connectivity index (χ0n) is 12.1. The summed E-state index contributed by atoms with van der Waals surface area (Å²) in [7, 11) is 0. The molecule has 3 rings (SSSR count). The molecule has 0 fully saturated rings. The van der Waals surface area contributed by atoms with Gasteiger partial charge < -0.3 is 10.0 Å². The third-order valence-corrected chi connectivity index (χ3v) is 3.79. The Morgan fingerprint density at radius 1 is 1.41 bits per heavy atom. The van der Waals surface area contributed by atoms with Gasteiger partial charge in [-0.2, -0.15) is 5.10 Å². The molecule has 0 bridgehead atoms. The van der Waals surface area contributed by atoms with Crippen LogP contribution < -0.4 is 0 Å². The minimum Gasteiger partial charge on any atom is -0.479 e. The molecule has 1 aliphatic rings. The lowest BCUT2D eigenvalue weighted by Crippen LogP contribution is -2.44. The van der Waals surface area contributed by atoms with Crippen molar-refractivity contribution in [1.82, 2.24) is 20.1 Å². The number of carboxylic acid groups (broad SMARTS) is 1. The largest absolute Gasteiger partial charge is 0.479 e. The van der Waals surface area contributed by atoms with Crippen molar-refractivity contribution in [3.63, 3.8) is 0 Å². The fourth-order valence-electron chi connectivity index (χ4n) is 2.81. The van der Waals surface area contributed by atoms with Gasteiger partial charge >= 0.3 is 5.97 Å². The van der Waals surface area contributed by atoms with Crippen LogP contribution in [0, 0.1) is 6.92 Å². The third kappa shape index (κ3) is 2.57. The van der Waals surface area contributed by atoms with Crippen molar-refractivity contribution in [2.45, 2.75) is 25.8 Å². The number of hydrogen-bond donors (Lipinski definition) is 2. The van der Waals surface area contributed by atoms with E-state index in [0.717, 1.165) is 5.56 Å². The van der Waals surface area contributed by atoms with Gasteiger partial charge in [0, 0.05) is 6.54 Å². The van der Waals surface area contributed by atoms with Gasteiger partial charge in [0.05, 0.1) is 6.42 Å². The van der Waals surface area contributed by atoms with Crippen LogP contribution in [0.1, 0.15) is 28.8 Å². The molecule has 2 N–H and O–H groups in total. The van der Waals surface area contributed by atoms with E-state index in [2.05, 4.69) is 15.2 Å². The van der Waals surface area contributed by atoms with Crippen molar-refractivity contribution in [3.05, 3.63) is 47.0 Å². The Balaban J connectivity index is 1.86. The Morgan fingerprint density at radius 2 is 2.18 bits per heavy atom. The summed E-state index contributed by atoms with van der Waals surface area (Å²) in [4.78, 5) is 29.6. The van der Waals surface area contributed by atoms with E-state index in [-0.39, 0.29) is 12.3 Å². The van der Waals surface area contributed by atoms with E-state index in [1.54, 1.807) is 19.1 Å². The summed E-state index contributed by atoms with van der Waals surface area (Å²) in [6, 6.07) is 6.40. The standard InChI is InChI=1S/C15H16N4O3/c1-9-16-12(18-17-9)8-13(20)19-7-6-10-4-2-3-5-11(10)14(19)15(21)22/h2-5,14H,6-8H2,1H3,(H,21,22)(H,16,17,18). The van der Waals surface area contributed by atoms with Gasteiger partial charge in [0.2, 0.25) is 5.91 Å². The zero-order valence-corrected chi connectivity index (χ0v) is 12.1. The molecule has 0 radical (unpaired) electrons. The van der Waals surface area contributed by atoms with Crippen molar-refractivity contribution in [3.8, 4) is 0 Å². The number of rotatable bonds is 3. The number of H-pyrrole nitrogens is 1. The van der Waals surface area contributed by atoms with Gasteiger partial charge in [-0.05, 0) is 24.5 Å². The first-order valence-electron chi connectivity index (χ1n) is 7.04. The molecule has 114 valence electrons.